The van der Waals surface area contributed by atoms with Crippen LogP contribution in [0.4, 0.5) is 15.8 Å². The van der Waals surface area contributed by atoms with Crippen LogP contribution in [0.2, 0.25) is 0 Å². The van der Waals surface area contributed by atoms with Gasteiger partial charge in [0, 0.05) is 24.2 Å². The summed E-state index contributed by atoms with van der Waals surface area (Å²) in [6, 6.07) is 9.69. The first kappa shape index (κ1) is 25.2. The Kier molecular flexibility index (Phi) is 4.67. The predicted octanol–water partition coefficient (Wildman–Crippen LogP) is 2.31. The van der Waals surface area contributed by atoms with Crippen molar-refractivity contribution in [1.29, 1.82) is 0 Å². The predicted molar refractivity (Wildman–Crippen MR) is 148 cm³/mol. The molecule has 0 aromatic heterocycles. The zero-order valence-corrected chi connectivity index (χ0v) is 24.0. The number of halogens is 1. The number of carbonyl (C=O) groups is 2. The fraction of sp³-hybridized carbons (Fsp3) is 0.483. The summed E-state index contributed by atoms with van der Waals surface area (Å²) >= 11 is 0. The van der Waals surface area contributed by atoms with Gasteiger partial charge in [-0.25, -0.2) is 12.8 Å². The molecular formula is C29H27FN4O6S2. The molecule has 2 heterocycles. The van der Waals surface area contributed by atoms with Crippen molar-refractivity contribution in [2.24, 2.45) is 63.6 Å². The average Bonchev–Trinajstić information content (AvgIpc) is 3.84. The average molecular weight is 611 g/mol. The highest BCUT2D eigenvalue weighted by molar-refractivity contribution is 7.92. The molecule has 2 N–H and O–H groups in total. The zero-order chi connectivity index (χ0) is 29.0. The van der Waals surface area contributed by atoms with E-state index in [1.165, 1.54) is 30.7 Å². The molecule has 0 spiro atoms. The topological polar surface area (TPSA) is 142 Å². The summed E-state index contributed by atoms with van der Waals surface area (Å²) in [4.78, 5) is 30.3. The van der Waals surface area contributed by atoms with E-state index in [2.05, 4.69) is 14.4 Å². The van der Waals surface area contributed by atoms with E-state index in [0.717, 1.165) is 17.9 Å². The maximum absolute atomic E-state index is 14.4. The molecule has 2 aromatic carbocycles. The fourth-order valence-electron chi connectivity index (χ4n) is 10.1. The number of hydrogen-bond acceptors (Lipinski definition) is 7. The number of sulfonamides is 2. The maximum Gasteiger partial charge on any atom is 0.286 e. The van der Waals surface area contributed by atoms with E-state index in [-0.39, 0.29) is 64.0 Å². The largest absolute Gasteiger partial charge is 0.341 e. The number of ketones is 1. The second kappa shape index (κ2) is 7.79. The molecule has 218 valence electrons. The van der Waals surface area contributed by atoms with Crippen LogP contribution in [0.5, 0.6) is 0 Å². The van der Waals surface area contributed by atoms with Gasteiger partial charge in [0.2, 0.25) is 15.9 Å². The number of nitrogens with one attached hydrogen (secondary N) is 2. The Morgan fingerprint density at radius 3 is 2.33 bits per heavy atom. The van der Waals surface area contributed by atoms with Crippen LogP contribution in [-0.4, -0.2) is 51.6 Å². The molecule has 7 aliphatic carbocycles. The molecule has 1 amide bonds. The molecule has 7 saturated carbocycles. The lowest BCUT2D eigenvalue weighted by Crippen LogP contribution is -2.67. The van der Waals surface area contributed by atoms with E-state index in [1.54, 1.807) is 17.0 Å². The molecule has 1 saturated heterocycles. The van der Waals surface area contributed by atoms with Gasteiger partial charge in [-0.1, -0.05) is 12.1 Å². The summed E-state index contributed by atoms with van der Waals surface area (Å²) in [5, 5.41) is 2.94. The van der Waals surface area contributed by atoms with E-state index < -0.39 is 31.9 Å². The van der Waals surface area contributed by atoms with Crippen molar-refractivity contribution in [2.45, 2.75) is 23.9 Å². The van der Waals surface area contributed by atoms with Crippen molar-refractivity contribution in [3.05, 3.63) is 53.8 Å². The van der Waals surface area contributed by atoms with Crippen molar-refractivity contribution in [3.8, 4) is 0 Å². The Hall–Kier alpha value is -3.32. The molecule has 2 aromatic rings. The van der Waals surface area contributed by atoms with Gasteiger partial charge >= 0.3 is 0 Å². The van der Waals surface area contributed by atoms with Crippen LogP contribution in [0.1, 0.15) is 12.0 Å². The SMILES string of the molecule is CS(=O)(=O)Nc1ccc2c(c1)S(=O)(=O)N=C(C1C(=O)C3C4C5C6CC7C4C7C(C65)C3N(Cc3ccc(F)cc3)C1=O)N2. The molecule has 9 atom stereocenters. The van der Waals surface area contributed by atoms with Crippen LogP contribution in [0.15, 0.2) is 51.8 Å². The number of hydrogen-bond donors (Lipinski definition) is 2. The van der Waals surface area contributed by atoms with E-state index in [4.69, 9.17) is 0 Å². The first-order chi connectivity index (χ1) is 19.9. The third-order valence-electron chi connectivity index (χ3n) is 11.2. The van der Waals surface area contributed by atoms with Crippen molar-refractivity contribution in [1.82, 2.24) is 4.90 Å². The lowest BCUT2D eigenvalue weighted by Gasteiger charge is -2.55. The number of carbonyl (C=O) groups excluding carboxylic acids is 2. The molecule has 8 fully saturated rings. The number of rotatable bonds is 5. The molecule has 13 heteroatoms. The van der Waals surface area contributed by atoms with Gasteiger partial charge in [0.15, 0.2) is 11.7 Å². The standard InChI is InChI=1S/C29H27FN4O6S2/c1-41(37,38)32-13-6-7-16-17(8-13)42(39,40)33-28(31-16)25-27(35)24-22-18-14-9-15-19(22)21(15)23(20(14)18)26(24)34(29(25)36)10-11-2-4-12(30)5-3-11/h2-8,14-15,18-26,32H,9-10H2,1H3,(H,31,33). The Bertz CT molecular complexity index is 1860. The Balaban J connectivity index is 1.12. The Labute approximate surface area is 241 Å². The molecule has 9 aliphatic rings. The highest BCUT2D eigenvalue weighted by Crippen LogP contribution is 2.87. The smallest absolute Gasteiger partial charge is 0.286 e. The van der Waals surface area contributed by atoms with Crippen molar-refractivity contribution >= 4 is 48.9 Å². The normalized spacial score (nSPS) is 40.9. The second-order valence-corrected chi connectivity index (χ2v) is 16.5. The number of anilines is 2. The summed E-state index contributed by atoms with van der Waals surface area (Å²) in [6.07, 6.45) is 2.18. The molecule has 42 heavy (non-hydrogen) atoms. The summed E-state index contributed by atoms with van der Waals surface area (Å²) in [7, 11) is -8.02. The van der Waals surface area contributed by atoms with E-state index in [9.17, 15) is 30.8 Å². The zero-order valence-electron chi connectivity index (χ0n) is 22.3. The van der Waals surface area contributed by atoms with Gasteiger partial charge in [0.05, 0.1) is 11.9 Å². The fourth-order valence-corrected chi connectivity index (χ4v) is 11.8. The Morgan fingerprint density at radius 1 is 1.00 bits per heavy atom. The third kappa shape index (κ3) is 3.26. The molecule has 0 radical (unpaired) electrons. The van der Waals surface area contributed by atoms with Gasteiger partial charge in [0.1, 0.15) is 16.5 Å². The lowest BCUT2D eigenvalue weighted by atomic mass is 9.57. The number of fused-ring (bicyclic) bond motifs is 1. The first-order valence-corrected chi connectivity index (χ1v) is 17.6. The molecule has 9 unspecified atom stereocenters. The van der Waals surface area contributed by atoms with E-state index in [0.29, 0.717) is 35.5 Å². The van der Waals surface area contributed by atoms with Crippen LogP contribution >= 0.6 is 0 Å². The van der Waals surface area contributed by atoms with Crippen molar-refractivity contribution < 1.29 is 30.8 Å². The molecular weight excluding hydrogens is 583 g/mol. The molecule has 11 rings (SSSR count). The van der Waals surface area contributed by atoms with Gasteiger partial charge in [-0.05, 0) is 89.7 Å². The molecule has 8 bridgehead atoms. The third-order valence-corrected chi connectivity index (χ3v) is 13.1. The first-order valence-electron chi connectivity index (χ1n) is 14.3. The molecule has 10 nitrogen and oxygen atoms in total. The highest BCUT2D eigenvalue weighted by Gasteiger charge is 2.86. The van der Waals surface area contributed by atoms with Crippen LogP contribution in [-0.2, 0) is 36.2 Å². The monoisotopic (exact) mass is 610 g/mol. The number of Topliss-reactive ketones (excluding diaryl/α,β-unsaturated/α-hetero) is 1. The summed E-state index contributed by atoms with van der Waals surface area (Å²) < 4.78 is 70.0. The number of benzene rings is 2. The second-order valence-electron chi connectivity index (χ2n) is 13.1. The number of piperidine rings is 1. The van der Waals surface area contributed by atoms with E-state index in [1.807, 2.05) is 0 Å². The van der Waals surface area contributed by atoms with Gasteiger partial charge in [-0.3, -0.25) is 14.3 Å². The number of amides is 1. The van der Waals surface area contributed by atoms with E-state index >= 15 is 0 Å². The molecule has 2 aliphatic heterocycles. The van der Waals surface area contributed by atoms with Gasteiger partial charge in [-0.2, -0.15) is 8.42 Å². The minimum Gasteiger partial charge on any atom is -0.341 e. The summed E-state index contributed by atoms with van der Waals surface area (Å²) in [5.74, 6) is 0.691. The summed E-state index contributed by atoms with van der Waals surface area (Å²) in [5.41, 5.74) is 0.904. The van der Waals surface area contributed by atoms with Crippen LogP contribution in [0.25, 0.3) is 0 Å². The van der Waals surface area contributed by atoms with Gasteiger partial charge < -0.3 is 10.2 Å². The number of amidine groups is 1. The number of nitrogens with zero attached hydrogens (tertiary/aromatic N) is 2. The highest BCUT2D eigenvalue weighted by atomic mass is 32.2. The van der Waals surface area contributed by atoms with Crippen molar-refractivity contribution in [3.63, 3.8) is 0 Å². The van der Waals surface area contributed by atoms with Crippen LogP contribution in [0.3, 0.4) is 0 Å². The van der Waals surface area contributed by atoms with Gasteiger partial charge in [-0.15, -0.1) is 4.40 Å². The van der Waals surface area contributed by atoms with Crippen LogP contribution in [0, 0.1) is 65.0 Å². The van der Waals surface area contributed by atoms with Crippen LogP contribution < -0.4 is 10.0 Å². The minimum absolute atomic E-state index is 0.0492. The van der Waals surface area contributed by atoms with Crippen molar-refractivity contribution in [2.75, 3.05) is 16.3 Å². The lowest BCUT2D eigenvalue weighted by molar-refractivity contribution is -0.163. The van der Waals surface area contributed by atoms with Gasteiger partial charge in [0.25, 0.3) is 10.0 Å². The number of likely N-dealkylation sites (tertiary alicyclic amines) is 1. The quantitative estimate of drug-likeness (QED) is 0.495. The summed E-state index contributed by atoms with van der Waals surface area (Å²) in [6.45, 7) is 0.203. The minimum atomic E-state index is -4.37. The Morgan fingerprint density at radius 2 is 1.67 bits per heavy atom. The maximum atomic E-state index is 14.4.